The van der Waals surface area contributed by atoms with E-state index < -0.39 is 6.29 Å². The number of carbonyl (C=O) groups excluding carboxylic acids is 1. The van der Waals surface area contributed by atoms with Crippen LogP contribution < -0.4 is 21.1 Å². The second-order valence-corrected chi connectivity index (χ2v) is 7.42. The molecule has 1 saturated heterocycles. The molecule has 2 aliphatic heterocycles. The maximum absolute atomic E-state index is 12.2. The van der Waals surface area contributed by atoms with Crippen molar-refractivity contribution in [2.45, 2.75) is 44.9 Å². The largest absolute Gasteiger partial charge is 0.494 e. The van der Waals surface area contributed by atoms with E-state index in [-0.39, 0.29) is 6.03 Å². The Morgan fingerprint density at radius 3 is 2.81 bits per heavy atom. The number of carbonyl (C=O) groups is 1. The molecule has 2 heterocycles. The first-order valence-electron chi connectivity index (χ1n) is 10.1. The fraction of sp³-hybridized carbons (Fsp3) is 0.650. The second kappa shape index (κ2) is 9.92. The van der Waals surface area contributed by atoms with Crippen molar-refractivity contribution in [2.75, 3.05) is 39.8 Å². The van der Waals surface area contributed by atoms with Gasteiger partial charge in [-0.3, -0.25) is 11.1 Å². The highest BCUT2D eigenvalue weighted by Gasteiger charge is 2.22. The number of hydrogen-bond donors (Lipinski definition) is 3. The molecular weight excluding hydrogens is 342 g/mol. The maximum atomic E-state index is 12.2. The van der Waals surface area contributed by atoms with E-state index in [4.69, 9.17) is 10.5 Å². The van der Waals surface area contributed by atoms with Gasteiger partial charge in [-0.2, -0.15) is 0 Å². The van der Waals surface area contributed by atoms with Crippen LogP contribution in [0.3, 0.4) is 0 Å². The number of benzene rings is 1. The smallest absolute Gasteiger partial charge is 0.319 e. The third kappa shape index (κ3) is 5.82. The van der Waals surface area contributed by atoms with Crippen molar-refractivity contribution in [1.29, 1.82) is 0 Å². The van der Waals surface area contributed by atoms with E-state index in [1.54, 1.807) is 11.9 Å². The van der Waals surface area contributed by atoms with Crippen LogP contribution in [0.1, 0.15) is 36.8 Å². The molecule has 0 bridgehead atoms. The minimum Gasteiger partial charge on any atom is -0.494 e. The van der Waals surface area contributed by atoms with Gasteiger partial charge in [-0.05, 0) is 69.1 Å². The highest BCUT2D eigenvalue weighted by atomic mass is 16.5. The van der Waals surface area contributed by atoms with Crippen LogP contribution in [0, 0.1) is 0 Å². The molecule has 7 heteroatoms. The van der Waals surface area contributed by atoms with Crippen LogP contribution in [0.5, 0.6) is 5.75 Å². The van der Waals surface area contributed by atoms with Gasteiger partial charge in [0.05, 0.1) is 6.61 Å². The maximum Gasteiger partial charge on any atom is 0.319 e. The Kier molecular flexibility index (Phi) is 7.32. The van der Waals surface area contributed by atoms with Gasteiger partial charge in [-0.25, -0.2) is 4.79 Å². The van der Waals surface area contributed by atoms with E-state index in [0.29, 0.717) is 13.1 Å². The molecule has 1 aromatic rings. The van der Waals surface area contributed by atoms with Crippen molar-refractivity contribution in [1.82, 2.24) is 20.4 Å². The Morgan fingerprint density at radius 2 is 2.04 bits per heavy atom. The monoisotopic (exact) mass is 375 g/mol. The number of urea groups is 1. The van der Waals surface area contributed by atoms with E-state index >= 15 is 0 Å². The zero-order chi connectivity index (χ0) is 19.1. The zero-order valence-electron chi connectivity index (χ0n) is 16.4. The highest BCUT2D eigenvalue weighted by Crippen LogP contribution is 2.24. The number of ether oxygens (including phenoxy) is 1. The molecule has 0 saturated carbocycles. The van der Waals surface area contributed by atoms with Gasteiger partial charge in [0.1, 0.15) is 12.0 Å². The normalized spacial score (nSPS) is 18.7. The number of amides is 2. The molecule has 150 valence electrons. The first kappa shape index (κ1) is 19.9. The van der Waals surface area contributed by atoms with Crippen LogP contribution in [-0.2, 0) is 13.0 Å². The Morgan fingerprint density at radius 1 is 1.22 bits per heavy atom. The first-order valence-corrected chi connectivity index (χ1v) is 10.1. The molecule has 2 aliphatic rings. The zero-order valence-corrected chi connectivity index (χ0v) is 16.4. The molecule has 7 nitrogen and oxygen atoms in total. The lowest BCUT2D eigenvalue weighted by molar-refractivity contribution is 0.186. The summed E-state index contributed by atoms with van der Waals surface area (Å²) in [6, 6.07) is 6.08. The van der Waals surface area contributed by atoms with Crippen molar-refractivity contribution in [2.24, 2.45) is 5.73 Å². The van der Waals surface area contributed by atoms with Crippen LogP contribution in [0.15, 0.2) is 18.2 Å². The number of hydrogen-bond acceptors (Lipinski definition) is 5. The molecule has 3 rings (SSSR count). The van der Waals surface area contributed by atoms with Crippen molar-refractivity contribution >= 4 is 6.03 Å². The van der Waals surface area contributed by atoms with E-state index in [2.05, 4.69) is 27.7 Å². The Hall–Kier alpha value is -1.83. The van der Waals surface area contributed by atoms with Crippen LogP contribution in [0.4, 0.5) is 4.79 Å². The van der Waals surface area contributed by atoms with E-state index in [0.717, 1.165) is 31.7 Å². The molecule has 1 atom stereocenters. The number of fused-ring (bicyclic) bond motifs is 1. The van der Waals surface area contributed by atoms with Gasteiger partial charge in [-0.1, -0.05) is 12.5 Å². The Bertz CT molecular complexity index is 618. The number of rotatable bonds is 7. The van der Waals surface area contributed by atoms with E-state index in [1.165, 1.54) is 43.5 Å². The van der Waals surface area contributed by atoms with Gasteiger partial charge in [0.25, 0.3) is 0 Å². The van der Waals surface area contributed by atoms with Crippen molar-refractivity contribution < 1.29 is 9.53 Å². The van der Waals surface area contributed by atoms with Crippen LogP contribution in [-0.4, -0.2) is 62.0 Å². The van der Waals surface area contributed by atoms with Crippen molar-refractivity contribution in [3.63, 3.8) is 0 Å². The summed E-state index contributed by atoms with van der Waals surface area (Å²) in [4.78, 5) is 16.5. The number of nitrogens with zero attached hydrogens (tertiary/aromatic N) is 2. The van der Waals surface area contributed by atoms with E-state index in [1.807, 2.05) is 6.07 Å². The van der Waals surface area contributed by atoms with Crippen LogP contribution >= 0.6 is 0 Å². The molecule has 1 aromatic carbocycles. The lowest BCUT2D eigenvalue weighted by Gasteiger charge is -2.30. The number of likely N-dealkylation sites (tertiary alicyclic amines) is 1. The predicted molar refractivity (Wildman–Crippen MR) is 107 cm³/mol. The van der Waals surface area contributed by atoms with Gasteiger partial charge < -0.3 is 19.9 Å². The number of piperidine rings is 1. The number of nitrogens with one attached hydrogen (secondary N) is 2. The van der Waals surface area contributed by atoms with Gasteiger partial charge in [-0.15, -0.1) is 0 Å². The molecule has 0 spiro atoms. The summed E-state index contributed by atoms with van der Waals surface area (Å²) in [5.74, 6) is 0.933. The van der Waals surface area contributed by atoms with Crippen LogP contribution in [0.2, 0.25) is 0 Å². The lowest BCUT2D eigenvalue weighted by atomic mass is 10.00. The number of nitrogens with two attached hydrogens (primary N) is 1. The SMILES string of the molecule is CNC(N)NC(=O)N1CCc2cc(OCCCN3CCCCC3)ccc2C1. The molecule has 1 fully saturated rings. The molecule has 1 unspecified atom stereocenters. The predicted octanol–water partition coefficient (Wildman–Crippen LogP) is 1.47. The standard InChI is InChI=1S/C20H33N5O2/c1-22-19(21)23-20(26)25-12-8-16-14-18(7-6-17(16)15-25)27-13-5-11-24-9-3-2-4-10-24/h6-7,14,19,22H,2-5,8-13,15,21H2,1H3,(H,23,26). The Labute approximate surface area is 162 Å². The van der Waals surface area contributed by atoms with Crippen molar-refractivity contribution in [3.8, 4) is 5.75 Å². The third-order valence-electron chi connectivity index (χ3n) is 5.40. The fourth-order valence-electron chi connectivity index (χ4n) is 3.75. The summed E-state index contributed by atoms with van der Waals surface area (Å²) in [6.45, 7) is 5.65. The van der Waals surface area contributed by atoms with Gasteiger partial charge in [0.15, 0.2) is 0 Å². The van der Waals surface area contributed by atoms with Crippen molar-refractivity contribution in [3.05, 3.63) is 29.3 Å². The average Bonchev–Trinajstić information content (AvgIpc) is 2.71. The third-order valence-corrected chi connectivity index (χ3v) is 5.40. The molecule has 0 aromatic heterocycles. The summed E-state index contributed by atoms with van der Waals surface area (Å²) in [5, 5.41) is 5.53. The lowest BCUT2D eigenvalue weighted by Crippen LogP contribution is -2.55. The molecule has 0 aliphatic carbocycles. The topological polar surface area (TPSA) is 82.9 Å². The molecule has 2 amide bonds. The van der Waals surface area contributed by atoms with Gasteiger partial charge in [0.2, 0.25) is 0 Å². The molecule has 4 N–H and O–H groups in total. The minimum atomic E-state index is -0.528. The minimum absolute atomic E-state index is 0.138. The fourth-order valence-corrected chi connectivity index (χ4v) is 3.75. The summed E-state index contributed by atoms with van der Waals surface area (Å²) >= 11 is 0. The summed E-state index contributed by atoms with van der Waals surface area (Å²) < 4.78 is 5.96. The quantitative estimate of drug-likeness (QED) is 0.497. The summed E-state index contributed by atoms with van der Waals surface area (Å²) in [5.41, 5.74) is 8.16. The summed E-state index contributed by atoms with van der Waals surface area (Å²) in [6.07, 6.45) is 5.42. The molecular formula is C20H33N5O2. The average molecular weight is 376 g/mol. The van der Waals surface area contributed by atoms with E-state index in [9.17, 15) is 4.79 Å². The second-order valence-electron chi connectivity index (χ2n) is 7.42. The van der Waals surface area contributed by atoms with Gasteiger partial charge in [0, 0.05) is 19.6 Å². The highest BCUT2D eigenvalue weighted by molar-refractivity contribution is 5.74. The molecule has 0 radical (unpaired) electrons. The Balaban J connectivity index is 1.44. The summed E-state index contributed by atoms with van der Waals surface area (Å²) in [7, 11) is 1.71. The molecule has 27 heavy (non-hydrogen) atoms. The van der Waals surface area contributed by atoms with Gasteiger partial charge >= 0.3 is 6.03 Å². The van der Waals surface area contributed by atoms with Crippen LogP contribution in [0.25, 0.3) is 0 Å². The first-order chi connectivity index (χ1) is 13.2.